The molecule has 0 amide bonds. The van der Waals surface area contributed by atoms with E-state index in [2.05, 4.69) is 27.7 Å². The Hall–Kier alpha value is -1.62. The van der Waals surface area contributed by atoms with E-state index in [1.807, 2.05) is 0 Å². The molecule has 0 fully saturated rings. The number of nitrogens with zero attached hydrogens (tertiary/aromatic N) is 1. The maximum atomic E-state index is 13.7. The highest BCUT2D eigenvalue weighted by molar-refractivity contribution is 9.10. The molecule has 3 nitrogen and oxygen atoms in total. The SMILES string of the molecule is C=C/C(Oc1ccc(Br)cc1F)=C(C)\C(C)=N\OC. The summed E-state index contributed by atoms with van der Waals surface area (Å²) in [7, 11) is 1.46. The van der Waals surface area contributed by atoms with Crippen LogP contribution in [0.15, 0.2) is 51.8 Å². The first-order chi connectivity index (χ1) is 8.99. The van der Waals surface area contributed by atoms with Gasteiger partial charge in [-0.2, -0.15) is 0 Å². The lowest BCUT2D eigenvalue weighted by molar-refractivity contribution is 0.213. The van der Waals surface area contributed by atoms with E-state index in [9.17, 15) is 4.39 Å². The minimum Gasteiger partial charge on any atom is -0.454 e. The molecule has 1 aromatic carbocycles. The molecule has 0 radical (unpaired) electrons. The van der Waals surface area contributed by atoms with Crippen molar-refractivity contribution in [1.82, 2.24) is 0 Å². The van der Waals surface area contributed by atoms with E-state index in [1.54, 1.807) is 26.0 Å². The van der Waals surface area contributed by atoms with E-state index in [4.69, 9.17) is 9.57 Å². The Morgan fingerprint density at radius 3 is 2.63 bits per heavy atom. The summed E-state index contributed by atoms with van der Waals surface area (Å²) in [4.78, 5) is 4.69. The predicted molar refractivity (Wildman–Crippen MR) is 77.7 cm³/mol. The number of ether oxygens (including phenoxy) is 1. The van der Waals surface area contributed by atoms with Crippen LogP contribution in [0.4, 0.5) is 4.39 Å². The van der Waals surface area contributed by atoms with Crippen LogP contribution in [0.25, 0.3) is 0 Å². The van der Waals surface area contributed by atoms with Gasteiger partial charge in [0.2, 0.25) is 0 Å². The van der Waals surface area contributed by atoms with Gasteiger partial charge < -0.3 is 9.57 Å². The zero-order valence-electron chi connectivity index (χ0n) is 11.0. The summed E-state index contributed by atoms with van der Waals surface area (Å²) < 4.78 is 19.8. The molecule has 0 spiro atoms. The monoisotopic (exact) mass is 327 g/mol. The summed E-state index contributed by atoms with van der Waals surface area (Å²) in [5, 5.41) is 3.80. The smallest absolute Gasteiger partial charge is 0.166 e. The van der Waals surface area contributed by atoms with Gasteiger partial charge in [0.15, 0.2) is 11.6 Å². The Labute approximate surface area is 120 Å². The van der Waals surface area contributed by atoms with Gasteiger partial charge in [-0.1, -0.05) is 27.7 Å². The fourth-order valence-corrected chi connectivity index (χ4v) is 1.66. The Morgan fingerprint density at radius 2 is 2.11 bits per heavy atom. The van der Waals surface area contributed by atoms with Gasteiger partial charge in [0.05, 0.1) is 5.71 Å². The second kappa shape index (κ2) is 7.09. The molecule has 0 aromatic heterocycles. The summed E-state index contributed by atoms with van der Waals surface area (Å²) >= 11 is 3.19. The lowest BCUT2D eigenvalue weighted by atomic mass is 10.1. The lowest BCUT2D eigenvalue weighted by Gasteiger charge is -2.11. The summed E-state index contributed by atoms with van der Waals surface area (Å²) in [6.07, 6.45) is 1.51. The number of hydrogen-bond acceptors (Lipinski definition) is 3. The number of benzene rings is 1. The van der Waals surface area contributed by atoms with E-state index in [0.717, 1.165) is 5.57 Å². The van der Waals surface area contributed by atoms with Gasteiger partial charge in [-0.25, -0.2) is 4.39 Å². The van der Waals surface area contributed by atoms with Crippen molar-refractivity contribution in [3.63, 3.8) is 0 Å². The third-order valence-electron chi connectivity index (χ3n) is 2.44. The van der Waals surface area contributed by atoms with Crippen LogP contribution in [0.5, 0.6) is 5.75 Å². The van der Waals surface area contributed by atoms with Crippen LogP contribution in [0.2, 0.25) is 0 Å². The van der Waals surface area contributed by atoms with Crippen LogP contribution in [0, 0.1) is 5.82 Å². The molecule has 1 rings (SSSR count). The van der Waals surface area contributed by atoms with Crippen molar-refractivity contribution in [3.05, 3.63) is 52.5 Å². The van der Waals surface area contributed by atoms with Crippen molar-refractivity contribution in [1.29, 1.82) is 0 Å². The van der Waals surface area contributed by atoms with Gasteiger partial charge in [-0.15, -0.1) is 0 Å². The highest BCUT2D eigenvalue weighted by Crippen LogP contribution is 2.24. The zero-order chi connectivity index (χ0) is 14.4. The van der Waals surface area contributed by atoms with E-state index in [-0.39, 0.29) is 5.75 Å². The molecule has 0 bridgehead atoms. The maximum Gasteiger partial charge on any atom is 0.166 e. The minimum absolute atomic E-state index is 0.127. The molecular formula is C14H15BrFNO2. The van der Waals surface area contributed by atoms with Gasteiger partial charge in [0.25, 0.3) is 0 Å². The Bertz CT molecular complexity index is 538. The molecule has 0 heterocycles. The first-order valence-electron chi connectivity index (χ1n) is 5.54. The molecule has 0 N–H and O–H groups in total. The van der Waals surface area contributed by atoms with Crippen LogP contribution in [-0.4, -0.2) is 12.8 Å². The lowest BCUT2D eigenvalue weighted by Crippen LogP contribution is -2.04. The Kier molecular flexibility index (Phi) is 5.76. The first-order valence-corrected chi connectivity index (χ1v) is 6.33. The quantitative estimate of drug-likeness (QED) is 0.346. The predicted octanol–water partition coefficient (Wildman–Crippen LogP) is 4.45. The zero-order valence-corrected chi connectivity index (χ0v) is 12.6. The van der Waals surface area contributed by atoms with Crippen molar-refractivity contribution < 1.29 is 14.0 Å². The molecule has 19 heavy (non-hydrogen) atoms. The number of rotatable bonds is 5. The van der Waals surface area contributed by atoms with Crippen LogP contribution < -0.4 is 4.74 Å². The van der Waals surface area contributed by atoms with Gasteiger partial charge in [0, 0.05) is 10.0 Å². The summed E-state index contributed by atoms with van der Waals surface area (Å²) in [5.74, 6) is 0.102. The number of hydrogen-bond donors (Lipinski definition) is 0. The molecule has 5 heteroatoms. The molecule has 1 aromatic rings. The van der Waals surface area contributed by atoms with Gasteiger partial charge in [-0.05, 0) is 38.1 Å². The molecule has 0 aliphatic rings. The molecule has 0 aliphatic heterocycles. The number of allylic oxidation sites excluding steroid dienone is 2. The molecule has 0 saturated heterocycles. The van der Waals surface area contributed by atoms with Gasteiger partial charge >= 0.3 is 0 Å². The van der Waals surface area contributed by atoms with Crippen molar-refractivity contribution in [2.45, 2.75) is 13.8 Å². The van der Waals surface area contributed by atoms with Crippen LogP contribution >= 0.6 is 15.9 Å². The molecular weight excluding hydrogens is 313 g/mol. The standard InChI is InChI=1S/C14H15BrFNO2/c1-5-13(9(2)10(3)17-18-4)19-14-7-6-11(15)8-12(14)16/h5-8H,1H2,2-4H3/b13-9+,17-10+. The highest BCUT2D eigenvalue weighted by Gasteiger charge is 2.09. The third kappa shape index (κ3) is 4.21. The normalized spacial score (nSPS) is 12.8. The molecule has 0 unspecified atom stereocenters. The highest BCUT2D eigenvalue weighted by atomic mass is 79.9. The summed E-state index contributed by atoms with van der Waals surface area (Å²) in [6, 6.07) is 4.57. The maximum absolute atomic E-state index is 13.7. The van der Waals surface area contributed by atoms with Gasteiger partial charge in [-0.3, -0.25) is 0 Å². The van der Waals surface area contributed by atoms with Crippen molar-refractivity contribution >= 4 is 21.6 Å². The summed E-state index contributed by atoms with van der Waals surface area (Å²) in [5.41, 5.74) is 1.36. The second-order valence-electron chi connectivity index (χ2n) is 3.73. The van der Waals surface area contributed by atoms with Crippen LogP contribution in [0.1, 0.15) is 13.8 Å². The molecule has 0 atom stereocenters. The fourth-order valence-electron chi connectivity index (χ4n) is 1.33. The van der Waals surface area contributed by atoms with Gasteiger partial charge in [0.1, 0.15) is 12.9 Å². The average Bonchev–Trinajstić information content (AvgIpc) is 2.37. The van der Waals surface area contributed by atoms with E-state index in [0.29, 0.717) is 15.9 Å². The van der Waals surface area contributed by atoms with Crippen molar-refractivity contribution in [2.24, 2.45) is 5.16 Å². The topological polar surface area (TPSA) is 30.8 Å². The van der Waals surface area contributed by atoms with Crippen LogP contribution in [0.3, 0.4) is 0 Å². The van der Waals surface area contributed by atoms with Crippen LogP contribution in [-0.2, 0) is 4.84 Å². The van der Waals surface area contributed by atoms with Crippen molar-refractivity contribution in [2.75, 3.05) is 7.11 Å². The first kappa shape index (κ1) is 15.4. The van der Waals surface area contributed by atoms with E-state index >= 15 is 0 Å². The molecule has 0 saturated carbocycles. The average molecular weight is 328 g/mol. The second-order valence-corrected chi connectivity index (χ2v) is 4.65. The van der Waals surface area contributed by atoms with E-state index in [1.165, 1.54) is 19.3 Å². The number of halogens is 2. The Balaban J connectivity index is 3.09. The third-order valence-corrected chi connectivity index (χ3v) is 2.93. The summed E-state index contributed by atoms with van der Waals surface area (Å²) in [6.45, 7) is 7.22. The van der Waals surface area contributed by atoms with E-state index < -0.39 is 5.82 Å². The number of oxime groups is 1. The molecule has 0 aliphatic carbocycles. The molecule has 102 valence electrons. The fraction of sp³-hybridized carbons (Fsp3) is 0.214. The largest absolute Gasteiger partial charge is 0.454 e. The Morgan fingerprint density at radius 1 is 1.42 bits per heavy atom. The minimum atomic E-state index is -0.456. The van der Waals surface area contributed by atoms with Crippen molar-refractivity contribution in [3.8, 4) is 5.75 Å².